The van der Waals surface area contributed by atoms with Crippen LogP contribution in [0.5, 0.6) is 0 Å². The largest absolute Gasteiger partial charge is 0.480 e. The van der Waals surface area contributed by atoms with Crippen molar-refractivity contribution in [3.8, 4) is 0 Å². The zero-order valence-electron chi connectivity index (χ0n) is 9.90. The highest BCUT2D eigenvalue weighted by Crippen LogP contribution is 2.26. The molecule has 1 unspecified atom stereocenters. The number of hydrogen-bond donors (Lipinski definition) is 2. The Kier molecular flexibility index (Phi) is 3.85. The van der Waals surface area contributed by atoms with Gasteiger partial charge in [0.1, 0.15) is 5.54 Å². The third kappa shape index (κ3) is 2.75. The molecule has 0 radical (unpaired) electrons. The highest BCUT2D eigenvalue weighted by Gasteiger charge is 2.43. The van der Waals surface area contributed by atoms with E-state index in [9.17, 15) is 9.59 Å². The lowest BCUT2D eigenvalue weighted by Gasteiger charge is -2.20. The van der Waals surface area contributed by atoms with Crippen LogP contribution in [0.2, 0.25) is 5.02 Å². The van der Waals surface area contributed by atoms with Crippen LogP contribution in [0.15, 0.2) is 22.7 Å². The normalized spacial score (nSPS) is 22.6. The zero-order valence-corrected chi connectivity index (χ0v) is 12.2. The molecule has 1 aliphatic rings. The van der Waals surface area contributed by atoms with Crippen molar-refractivity contribution in [2.45, 2.75) is 12.0 Å². The van der Waals surface area contributed by atoms with Gasteiger partial charge in [-0.2, -0.15) is 0 Å². The molecule has 0 spiro atoms. The van der Waals surface area contributed by atoms with Gasteiger partial charge >= 0.3 is 5.97 Å². The second-order valence-corrected chi connectivity index (χ2v) is 5.83. The summed E-state index contributed by atoms with van der Waals surface area (Å²) in [6.45, 7) is 0.337. The van der Waals surface area contributed by atoms with Crippen molar-refractivity contribution in [3.05, 3.63) is 33.3 Å². The molecule has 0 aliphatic carbocycles. The van der Waals surface area contributed by atoms with Gasteiger partial charge in [-0.3, -0.25) is 9.59 Å². The number of aliphatic carboxylic acids is 1. The Balaban J connectivity index is 2.18. The van der Waals surface area contributed by atoms with Gasteiger partial charge in [-0.25, -0.2) is 0 Å². The number of hydrogen-bond acceptors (Lipinski definition) is 3. The van der Waals surface area contributed by atoms with E-state index in [-0.39, 0.29) is 18.9 Å². The summed E-state index contributed by atoms with van der Waals surface area (Å²) in [6.07, 6.45) is 0.248. The lowest BCUT2D eigenvalue weighted by Crippen LogP contribution is -2.50. The molecule has 102 valence electrons. The van der Waals surface area contributed by atoms with Crippen LogP contribution in [0.25, 0.3) is 0 Å². The van der Waals surface area contributed by atoms with Crippen molar-refractivity contribution in [2.24, 2.45) is 5.73 Å². The third-order valence-electron chi connectivity index (χ3n) is 3.18. The molecular weight excluding hydrogens is 336 g/mol. The molecule has 7 heteroatoms. The summed E-state index contributed by atoms with van der Waals surface area (Å²) in [7, 11) is 0. The molecule has 1 aliphatic heterocycles. The zero-order chi connectivity index (χ0) is 14.2. The molecule has 0 aromatic heterocycles. The Morgan fingerprint density at radius 3 is 2.68 bits per heavy atom. The van der Waals surface area contributed by atoms with E-state index in [0.717, 1.165) is 0 Å². The number of amides is 1. The molecule has 1 aromatic rings. The molecule has 1 heterocycles. The Hall–Kier alpha value is -1.11. The predicted molar refractivity (Wildman–Crippen MR) is 74.2 cm³/mol. The summed E-state index contributed by atoms with van der Waals surface area (Å²) in [5.74, 6) is -1.35. The van der Waals surface area contributed by atoms with Crippen molar-refractivity contribution in [2.75, 3.05) is 13.1 Å². The molecule has 3 N–H and O–H groups in total. The molecule has 1 fully saturated rings. The lowest BCUT2D eigenvalue weighted by molar-refractivity contribution is -0.142. The second kappa shape index (κ2) is 5.11. The van der Waals surface area contributed by atoms with Crippen LogP contribution in [-0.2, 0) is 4.79 Å². The maximum Gasteiger partial charge on any atom is 0.325 e. The number of halogens is 2. The molecular formula is C12H12BrClN2O3. The van der Waals surface area contributed by atoms with E-state index in [1.54, 1.807) is 18.2 Å². The number of nitrogens with two attached hydrogens (primary N) is 1. The molecule has 1 aromatic carbocycles. The smallest absolute Gasteiger partial charge is 0.325 e. The molecule has 0 saturated carbocycles. The molecule has 1 amide bonds. The third-order valence-corrected chi connectivity index (χ3v) is 4.41. The van der Waals surface area contributed by atoms with E-state index >= 15 is 0 Å². The van der Waals surface area contributed by atoms with Gasteiger partial charge in [0.05, 0.1) is 5.02 Å². The van der Waals surface area contributed by atoms with Crippen molar-refractivity contribution >= 4 is 39.4 Å². The first-order valence-corrected chi connectivity index (χ1v) is 6.77. The van der Waals surface area contributed by atoms with Crippen molar-refractivity contribution in [1.82, 2.24) is 4.90 Å². The summed E-state index contributed by atoms with van der Waals surface area (Å²) in [6, 6.07) is 4.86. The molecule has 19 heavy (non-hydrogen) atoms. The molecule has 1 atom stereocenters. The number of rotatable bonds is 2. The molecule has 0 bridgehead atoms. The number of benzene rings is 1. The standard InChI is InChI=1S/C12H12BrClN2O3/c13-8-2-1-7(5-9(8)14)10(17)16-4-3-12(15,6-16)11(18)19/h1-2,5H,3-4,6,15H2,(H,18,19). The Bertz CT molecular complexity index is 552. The maximum atomic E-state index is 12.2. The van der Waals surface area contributed by atoms with Crippen LogP contribution < -0.4 is 5.73 Å². The van der Waals surface area contributed by atoms with Gasteiger partial charge in [0.25, 0.3) is 5.91 Å². The minimum atomic E-state index is -1.35. The molecule has 5 nitrogen and oxygen atoms in total. The van der Waals surface area contributed by atoms with E-state index in [1.807, 2.05) is 0 Å². The predicted octanol–water partition coefficient (Wildman–Crippen LogP) is 1.73. The number of nitrogens with zero attached hydrogens (tertiary/aromatic N) is 1. The van der Waals surface area contributed by atoms with Crippen LogP contribution in [-0.4, -0.2) is 40.5 Å². The van der Waals surface area contributed by atoms with E-state index in [1.165, 1.54) is 4.90 Å². The summed E-state index contributed by atoms with van der Waals surface area (Å²) >= 11 is 9.18. The van der Waals surface area contributed by atoms with Gasteiger partial charge in [-0.05, 0) is 40.5 Å². The van der Waals surface area contributed by atoms with E-state index < -0.39 is 11.5 Å². The van der Waals surface area contributed by atoms with Crippen LogP contribution in [0.1, 0.15) is 16.8 Å². The fourth-order valence-corrected chi connectivity index (χ4v) is 2.42. The second-order valence-electron chi connectivity index (χ2n) is 4.57. The summed E-state index contributed by atoms with van der Waals surface area (Å²) in [5, 5.41) is 9.47. The summed E-state index contributed by atoms with van der Waals surface area (Å²) < 4.78 is 0.700. The van der Waals surface area contributed by atoms with Crippen molar-refractivity contribution in [3.63, 3.8) is 0 Å². The quantitative estimate of drug-likeness (QED) is 0.853. The highest BCUT2D eigenvalue weighted by molar-refractivity contribution is 9.10. The summed E-state index contributed by atoms with van der Waals surface area (Å²) in [4.78, 5) is 24.7. The monoisotopic (exact) mass is 346 g/mol. The highest BCUT2D eigenvalue weighted by atomic mass is 79.9. The summed E-state index contributed by atoms with van der Waals surface area (Å²) in [5.41, 5.74) is 4.80. The van der Waals surface area contributed by atoms with E-state index in [2.05, 4.69) is 15.9 Å². The van der Waals surface area contributed by atoms with Crippen LogP contribution in [0.3, 0.4) is 0 Å². The van der Waals surface area contributed by atoms with Crippen molar-refractivity contribution < 1.29 is 14.7 Å². The van der Waals surface area contributed by atoms with Crippen LogP contribution in [0, 0.1) is 0 Å². The number of carboxylic acids is 1. The average Bonchev–Trinajstić information content (AvgIpc) is 2.76. The Morgan fingerprint density at radius 2 is 2.16 bits per heavy atom. The van der Waals surface area contributed by atoms with E-state index in [4.69, 9.17) is 22.4 Å². The first-order chi connectivity index (χ1) is 8.83. The Labute approximate surface area is 123 Å². The first kappa shape index (κ1) is 14.3. The van der Waals surface area contributed by atoms with Gasteiger partial charge in [0.15, 0.2) is 0 Å². The maximum absolute atomic E-state index is 12.2. The van der Waals surface area contributed by atoms with Gasteiger partial charge in [-0.1, -0.05) is 11.6 Å². The first-order valence-electron chi connectivity index (χ1n) is 5.60. The fourth-order valence-electron chi connectivity index (χ4n) is 1.99. The average molecular weight is 348 g/mol. The Morgan fingerprint density at radius 1 is 1.47 bits per heavy atom. The lowest BCUT2D eigenvalue weighted by atomic mass is 10.0. The number of carbonyl (C=O) groups is 2. The molecule has 1 saturated heterocycles. The minimum absolute atomic E-state index is 0.00878. The fraction of sp³-hybridized carbons (Fsp3) is 0.333. The minimum Gasteiger partial charge on any atom is -0.480 e. The van der Waals surface area contributed by atoms with Crippen LogP contribution in [0.4, 0.5) is 0 Å². The van der Waals surface area contributed by atoms with Crippen molar-refractivity contribution in [1.29, 1.82) is 0 Å². The van der Waals surface area contributed by atoms with Gasteiger partial charge in [-0.15, -0.1) is 0 Å². The van der Waals surface area contributed by atoms with E-state index in [0.29, 0.717) is 21.6 Å². The topological polar surface area (TPSA) is 83.6 Å². The molecule has 2 rings (SSSR count). The number of likely N-dealkylation sites (tertiary alicyclic amines) is 1. The van der Waals surface area contributed by atoms with Gasteiger partial charge in [0, 0.05) is 23.1 Å². The van der Waals surface area contributed by atoms with Crippen LogP contribution >= 0.6 is 27.5 Å². The van der Waals surface area contributed by atoms with Gasteiger partial charge < -0.3 is 15.7 Å². The number of carboxylic acid groups (broad SMARTS) is 1. The SMILES string of the molecule is NC1(C(=O)O)CCN(C(=O)c2ccc(Br)c(Cl)c2)C1. The van der Waals surface area contributed by atoms with Gasteiger partial charge in [0.2, 0.25) is 0 Å². The number of carbonyl (C=O) groups excluding carboxylic acids is 1.